The molecule has 0 radical (unpaired) electrons. The van der Waals surface area contributed by atoms with Gasteiger partial charge in [-0.2, -0.15) is 0 Å². The third-order valence-electron chi connectivity index (χ3n) is 5.02. The number of rotatable bonds is 7. The zero-order chi connectivity index (χ0) is 24.1. The monoisotopic (exact) mass is 477 g/mol. The molecule has 0 aliphatic carbocycles. The number of benzene rings is 3. The van der Waals surface area contributed by atoms with Gasteiger partial charge >= 0.3 is 5.97 Å². The molecule has 3 aromatic carbocycles. The van der Waals surface area contributed by atoms with E-state index in [4.69, 9.17) is 5.11 Å². The van der Waals surface area contributed by atoms with Crippen LogP contribution in [0.5, 0.6) is 0 Å². The van der Waals surface area contributed by atoms with Crippen LogP contribution in [0.4, 0.5) is 15.8 Å². The standard InChI is InChI=1S/C25H20FN3O4S/c26-18-7-4-8-20(13-18)28-25-29(15-16-5-2-1-3-6-16)23(31)21(34-25)14-22(30)27-19-11-9-17(10-12-19)24(32)33/h1-13,21H,14-15H2,(H,27,30)(H,32,33)/t21-/m0/s1. The zero-order valence-corrected chi connectivity index (χ0v) is 18.7. The maximum atomic E-state index is 13.6. The largest absolute Gasteiger partial charge is 0.478 e. The van der Waals surface area contributed by atoms with Crippen LogP contribution in [0.15, 0.2) is 83.9 Å². The minimum atomic E-state index is -1.06. The summed E-state index contributed by atoms with van der Waals surface area (Å²) in [6.07, 6.45) is -0.0996. The molecule has 3 aromatic rings. The normalized spacial score (nSPS) is 16.6. The van der Waals surface area contributed by atoms with Crippen molar-refractivity contribution in [3.05, 3.63) is 95.8 Å². The Labute approximate surface area is 199 Å². The molecule has 1 heterocycles. The molecule has 0 spiro atoms. The molecule has 1 saturated heterocycles. The number of nitrogens with zero attached hydrogens (tertiary/aromatic N) is 2. The van der Waals surface area contributed by atoms with Gasteiger partial charge in [0.25, 0.3) is 0 Å². The molecule has 4 rings (SSSR count). The smallest absolute Gasteiger partial charge is 0.335 e. The molecule has 0 bridgehead atoms. The van der Waals surface area contributed by atoms with Crippen LogP contribution in [0.25, 0.3) is 0 Å². The Kier molecular flexibility index (Phi) is 7.03. The fourth-order valence-corrected chi connectivity index (χ4v) is 4.53. The van der Waals surface area contributed by atoms with Gasteiger partial charge in [0.15, 0.2) is 5.17 Å². The number of carboxylic acids is 1. The van der Waals surface area contributed by atoms with E-state index in [1.807, 2.05) is 30.3 Å². The van der Waals surface area contributed by atoms with Gasteiger partial charge in [0.05, 0.1) is 17.8 Å². The number of nitrogens with one attached hydrogen (secondary N) is 1. The molecule has 172 valence electrons. The molecule has 0 aromatic heterocycles. The number of amides is 2. The summed E-state index contributed by atoms with van der Waals surface area (Å²) in [5.74, 6) is -2.15. The van der Waals surface area contributed by atoms with Crippen molar-refractivity contribution in [1.29, 1.82) is 0 Å². The van der Waals surface area contributed by atoms with Crippen LogP contribution in [-0.4, -0.2) is 38.2 Å². The third kappa shape index (κ3) is 5.68. The molecule has 0 unspecified atom stereocenters. The summed E-state index contributed by atoms with van der Waals surface area (Å²) in [4.78, 5) is 42.8. The SMILES string of the molecule is O=C(C[C@@H]1SC(=Nc2cccc(F)c2)N(Cc2ccccc2)C1=O)Nc1ccc(C(=O)O)cc1. The second kappa shape index (κ2) is 10.3. The first-order valence-corrected chi connectivity index (χ1v) is 11.3. The van der Waals surface area contributed by atoms with Crippen molar-refractivity contribution < 1.29 is 23.9 Å². The lowest BCUT2D eigenvalue weighted by Crippen LogP contribution is -2.33. The quantitative estimate of drug-likeness (QED) is 0.515. The summed E-state index contributed by atoms with van der Waals surface area (Å²) < 4.78 is 13.6. The highest BCUT2D eigenvalue weighted by molar-refractivity contribution is 8.15. The number of amidine groups is 1. The summed E-state index contributed by atoms with van der Waals surface area (Å²) in [7, 11) is 0. The van der Waals surface area contributed by atoms with Crippen molar-refractivity contribution in [1.82, 2.24) is 4.90 Å². The molecule has 7 nitrogen and oxygen atoms in total. The van der Waals surface area contributed by atoms with E-state index >= 15 is 0 Å². The summed E-state index contributed by atoms with van der Waals surface area (Å²) >= 11 is 1.16. The molecule has 1 aliphatic heterocycles. The van der Waals surface area contributed by atoms with Crippen molar-refractivity contribution in [2.45, 2.75) is 18.2 Å². The highest BCUT2D eigenvalue weighted by atomic mass is 32.2. The fraction of sp³-hybridized carbons (Fsp3) is 0.120. The highest BCUT2D eigenvalue weighted by Gasteiger charge is 2.39. The lowest BCUT2D eigenvalue weighted by atomic mass is 10.2. The van der Waals surface area contributed by atoms with Crippen LogP contribution < -0.4 is 5.32 Å². The van der Waals surface area contributed by atoms with Crippen molar-refractivity contribution in [2.24, 2.45) is 4.99 Å². The molecule has 2 amide bonds. The Morgan fingerprint density at radius 3 is 2.44 bits per heavy atom. The summed E-state index contributed by atoms with van der Waals surface area (Å²) in [6, 6.07) is 20.9. The predicted octanol–water partition coefficient (Wildman–Crippen LogP) is 4.68. The number of carbonyl (C=O) groups excluding carboxylic acids is 2. The summed E-state index contributed by atoms with van der Waals surface area (Å²) in [5, 5.41) is 11.4. The van der Waals surface area contributed by atoms with Crippen molar-refractivity contribution in [2.75, 3.05) is 5.32 Å². The predicted molar refractivity (Wildman–Crippen MR) is 129 cm³/mol. The van der Waals surface area contributed by atoms with E-state index < -0.39 is 17.0 Å². The Bertz CT molecular complexity index is 1250. The molecular weight excluding hydrogens is 457 g/mol. The van der Waals surface area contributed by atoms with Crippen LogP contribution >= 0.6 is 11.8 Å². The number of aromatic carboxylic acids is 1. The maximum absolute atomic E-state index is 13.6. The number of aliphatic imine (C=N–C) groups is 1. The molecule has 1 fully saturated rings. The van der Waals surface area contributed by atoms with Crippen LogP contribution in [0, 0.1) is 5.82 Å². The topological polar surface area (TPSA) is 99.1 Å². The van der Waals surface area contributed by atoms with Gasteiger partial charge in [0.1, 0.15) is 11.1 Å². The molecule has 34 heavy (non-hydrogen) atoms. The molecule has 9 heteroatoms. The van der Waals surface area contributed by atoms with E-state index in [9.17, 15) is 18.8 Å². The summed E-state index contributed by atoms with van der Waals surface area (Å²) in [5.41, 5.74) is 1.80. The number of thioether (sulfide) groups is 1. The first-order chi connectivity index (χ1) is 16.4. The summed E-state index contributed by atoms with van der Waals surface area (Å²) in [6.45, 7) is 0.273. The van der Waals surface area contributed by atoms with Gasteiger partial charge in [-0.15, -0.1) is 0 Å². The van der Waals surface area contributed by atoms with Gasteiger partial charge in [-0.3, -0.25) is 14.5 Å². The van der Waals surface area contributed by atoms with E-state index in [1.165, 1.54) is 47.4 Å². The first-order valence-electron chi connectivity index (χ1n) is 10.4. The lowest BCUT2D eigenvalue weighted by Gasteiger charge is -2.16. The Morgan fingerprint density at radius 2 is 1.76 bits per heavy atom. The number of halogens is 1. The number of carboxylic acid groups (broad SMARTS) is 1. The Balaban J connectivity index is 1.51. The molecule has 0 saturated carbocycles. The van der Waals surface area contributed by atoms with Crippen LogP contribution in [0.1, 0.15) is 22.3 Å². The lowest BCUT2D eigenvalue weighted by molar-refractivity contribution is -0.128. The third-order valence-corrected chi connectivity index (χ3v) is 6.20. The van der Waals surface area contributed by atoms with Gasteiger partial charge in [-0.25, -0.2) is 14.2 Å². The molecule has 2 N–H and O–H groups in total. The Morgan fingerprint density at radius 1 is 1.03 bits per heavy atom. The number of hydrogen-bond acceptors (Lipinski definition) is 5. The van der Waals surface area contributed by atoms with Gasteiger partial charge in [0, 0.05) is 12.1 Å². The average Bonchev–Trinajstić information content (AvgIpc) is 3.08. The molecular formula is C25H20FN3O4S. The number of anilines is 1. The van der Waals surface area contributed by atoms with Crippen molar-refractivity contribution in [3.8, 4) is 0 Å². The zero-order valence-electron chi connectivity index (χ0n) is 17.8. The van der Waals surface area contributed by atoms with E-state index in [-0.39, 0.29) is 30.3 Å². The molecule has 1 aliphatic rings. The van der Waals surface area contributed by atoms with Gasteiger partial charge in [-0.05, 0) is 48.0 Å². The average molecular weight is 478 g/mol. The van der Waals surface area contributed by atoms with Gasteiger partial charge in [-0.1, -0.05) is 48.2 Å². The first kappa shape index (κ1) is 23.2. The number of hydrogen-bond donors (Lipinski definition) is 2. The van der Waals surface area contributed by atoms with E-state index in [1.54, 1.807) is 6.07 Å². The number of carbonyl (C=O) groups is 3. The van der Waals surface area contributed by atoms with E-state index in [0.717, 1.165) is 17.3 Å². The van der Waals surface area contributed by atoms with Crippen LogP contribution in [-0.2, 0) is 16.1 Å². The van der Waals surface area contributed by atoms with Crippen molar-refractivity contribution in [3.63, 3.8) is 0 Å². The van der Waals surface area contributed by atoms with Gasteiger partial charge in [0.2, 0.25) is 11.8 Å². The van der Waals surface area contributed by atoms with Crippen molar-refractivity contribution >= 4 is 46.1 Å². The Hall–Kier alpha value is -3.98. The minimum Gasteiger partial charge on any atom is -0.478 e. The fourth-order valence-electron chi connectivity index (χ4n) is 3.37. The second-order valence-electron chi connectivity index (χ2n) is 7.53. The maximum Gasteiger partial charge on any atom is 0.335 e. The second-order valence-corrected chi connectivity index (χ2v) is 8.70. The minimum absolute atomic E-state index is 0.0996. The van der Waals surface area contributed by atoms with Crippen LogP contribution in [0.2, 0.25) is 0 Å². The highest BCUT2D eigenvalue weighted by Crippen LogP contribution is 2.33. The van der Waals surface area contributed by atoms with Gasteiger partial charge < -0.3 is 10.4 Å². The van der Waals surface area contributed by atoms with Crippen LogP contribution in [0.3, 0.4) is 0 Å². The van der Waals surface area contributed by atoms with E-state index in [2.05, 4.69) is 10.3 Å². The molecule has 1 atom stereocenters. The van der Waals surface area contributed by atoms with E-state index in [0.29, 0.717) is 16.5 Å².